The molecular weight excluding hydrogens is 296 g/mol. The van der Waals surface area contributed by atoms with Gasteiger partial charge in [-0.3, -0.25) is 0 Å². The lowest BCUT2D eigenvalue weighted by atomic mass is 9.92. The maximum absolute atomic E-state index is 5.88. The molecule has 0 saturated carbocycles. The van der Waals surface area contributed by atoms with E-state index in [2.05, 4.69) is 66.1 Å². The fraction of sp³-hybridized carbons (Fsp3) is 0.429. The van der Waals surface area contributed by atoms with E-state index in [-0.39, 0.29) is 0 Å². The van der Waals surface area contributed by atoms with Crippen molar-refractivity contribution in [2.24, 2.45) is 0 Å². The van der Waals surface area contributed by atoms with Crippen molar-refractivity contribution in [3.8, 4) is 5.75 Å². The number of hydrogen-bond acceptors (Lipinski definition) is 3. The highest BCUT2D eigenvalue weighted by Crippen LogP contribution is 2.25. The summed E-state index contributed by atoms with van der Waals surface area (Å²) in [5.41, 5.74) is 2.61. The van der Waals surface area contributed by atoms with Crippen LogP contribution in [0.25, 0.3) is 0 Å². The maximum atomic E-state index is 5.88. The second-order valence-corrected chi connectivity index (χ2v) is 6.43. The predicted molar refractivity (Wildman–Crippen MR) is 99.3 cm³/mol. The Labute approximate surface area is 145 Å². The van der Waals surface area contributed by atoms with Gasteiger partial charge in [0.2, 0.25) is 0 Å². The summed E-state index contributed by atoms with van der Waals surface area (Å²) >= 11 is 0. The fourth-order valence-corrected chi connectivity index (χ4v) is 3.36. The van der Waals surface area contributed by atoms with E-state index in [4.69, 9.17) is 4.74 Å². The molecule has 3 nitrogen and oxygen atoms in total. The molecule has 3 rings (SSSR count). The lowest BCUT2D eigenvalue weighted by Gasteiger charge is -2.34. The molecule has 1 aliphatic heterocycles. The molecule has 24 heavy (non-hydrogen) atoms. The molecule has 0 bridgehead atoms. The van der Waals surface area contributed by atoms with Gasteiger partial charge in [0.05, 0.1) is 6.61 Å². The molecule has 2 aromatic carbocycles. The first-order chi connectivity index (χ1) is 11.9. The molecule has 2 N–H and O–H groups in total. The fourth-order valence-electron chi connectivity index (χ4n) is 3.36. The van der Waals surface area contributed by atoms with Crippen LogP contribution in [-0.4, -0.2) is 19.2 Å². The van der Waals surface area contributed by atoms with Crippen LogP contribution >= 0.6 is 0 Å². The minimum absolute atomic E-state index is 0.378. The maximum Gasteiger partial charge on any atom is 0.123 e. The zero-order valence-corrected chi connectivity index (χ0v) is 14.5. The van der Waals surface area contributed by atoms with E-state index >= 15 is 0 Å². The Kier molecular flexibility index (Phi) is 6.27. The molecule has 1 aliphatic rings. The lowest BCUT2D eigenvalue weighted by molar-refractivity contribution is 0.295. The van der Waals surface area contributed by atoms with Crippen molar-refractivity contribution < 1.29 is 4.74 Å². The van der Waals surface area contributed by atoms with Gasteiger partial charge in [-0.15, -0.1) is 0 Å². The van der Waals surface area contributed by atoms with Gasteiger partial charge in [-0.25, -0.2) is 0 Å². The molecule has 1 saturated heterocycles. The lowest BCUT2D eigenvalue weighted by Crippen LogP contribution is -2.45. The first-order valence-electron chi connectivity index (χ1n) is 9.11. The van der Waals surface area contributed by atoms with Crippen molar-refractivity contribution >= 4 is 0 Å². The molecule has 0 aliphatic carbocycles. The first kappa shape index (κ1) is 17.0. The normalized spacial score (nSPS) is 20.7. The quantitative estimate of drug-likeness (QED) is 0.806. The highest BCUT2D eigenvalue weighted by atomic mass is 16.5. The largest absolute Gasteiger partial charge is 0.493 e. The summed E-state index contributed by atoms with van der Waals surface area (Å²) in [6.45, 7) is 4.84. The first-order valence-corrected chi connectivity index (χ1v) is 9.11. The molecule has 1 heterocycles. The smallest absolute Gasteiger partial charge is 0.123 e. The molecular formula is C21H28N2O. The second-order valence-electron chi connectivity index (χ2n) is 6.43. The number of benzene rings is 2. The Morgan fingerprint density at radius 2 is 1.88 bits per heavy atom. The molecule has 0 spiro atoms. The average Bonchev–Trinajstić information content (AvgIpc) is 2.66. The van der Waals surface area contributed by atoms with Crippen LogP contribution in [-0.2, 0) is 6.54 Å². The standard InChI is InChI=1S/C21H28N2O/c1-2-15-24-20-13-7-6-11-18(20)16-23-19-12-8-14-22-21(19)17-9-4-3-5-10-17/h3-7,9-11,13,19,21-23H,2,8,12,14-16H2,1H3. The number of hydrogen-bond donors (Lipinski definition) is 2. The molecule has 3 heteroatoms. The Morgan fingerprint density at radius 1 is 1.08 bits per heavy atom. The van der Waals surface area contributed by atoms with Crippen molar-refractivity contribution in [3.05, 3.63) is 65.7 Å². The minimum Gasteiger partial charge on any atom is -0.493 e. The Hall–Kier alpha value is -1.84. The number of nitrogens with one attached hydrogen (secondary N) is 2. The van der Waals surface area contributed by atoms with Crippen LogP contribution in [0.3, 0.4) is 0 Å². The van der Waals surface area contributed by atoms with Crippen molar-refractivity contribution in [3.63, 3.8) is 0 Å². The Balaban J connectivity index is 1.66. The summed E-state index contributed by atoms with van der Waals surface area (Å²) in [7, 11) is 0. The van der Waals surface area contributed by atoms with E-state index in [9.17, 15) is 0 Å². The molecule has 2 atom stereocenters. The van der Waals surface area contributed by atoms with Gasteiger partial charge >= 0.3 is 0 Å². The van der Waals surface area contributed by atoms with Crippen LogP contribution in [0, 0.1) is 0 Å². The van der Waals surface area contributed by atoms with Crippen LogP contribution in [0.1, 0.15) is 43.4 Å². The Bertz CT molecular complexity index is 614. The SMILES string of the molecule is CCCOc1ccccc1CNC1CCCNC1c1ccccc1. The topological polar surface area (TPSA) is 33.3 Å². The van der Waals surface area contributed by atoms with Crippen molar-refractivity contribution in [1.29, 1.82) is 0 Å². The van der Waals surface area contributed by atoms with Gasteiger partial charge < -0.3 is 15.4 Å². The second kappa shape index (κ2) is 8.86. The van der Waals surface area contributed by atoms with Crippen LogP contribution < -0.4 is 15.4 Å². The van der Waals surface area contributed by atoms with E-state index in [0.717, 1.165) is 31.9 Å². The third-order valence-electron chi connectivity index (χ3n) is 4.61. The summed E-state index contributed by atoms with van der Waals surface area (Å²) in [4.78, 5) is 0. The van der Waals surface area contributed by atoms with Gasteiger partial charge in [0.15, 0.2) is 0 Å². The van der Waals surface area contributed by atoms with Crippen molar-refractivity contribution in [2.75, 3.05) is 13.2 Å². The van der Waals surface area contributed by atoms with Gasteiger partial charge in [0.25, 0.3) is 0 Å². The van der Waals surface area contributed by atoms with Gasteiger partial charge in [0.1, 0.15) is 5.75 Å². The van der Waals surface area contributed by atoms with Crippen LogP contribution in [0.4, 0.5) is 0 Å². The third kappa shape index (κ3) is 4.37. The highest BCUT2D eigenvalue weighted by Gasteiger charge is 2.25. The van der Waals surface area contributed by atoms with E-state index in [0.29, 0.717) is 12.1 Å². The van der Waals surface area contributed by atoms with Crippen molar-refractivity contribution in [1.82, 2.24) is 10.6 Å². The summed E-state index contributed by atoms with van der Waals surface area (Å²) in [6.07, 6.45) is 3.45. The summed E-state index contributed by atoms with van der Waals surface area (Å²) in [5, 5.41) is 7.44. The number of piperidine rings is 1. The van der Waals surface area contributed by atoms with Gasteiger partial charge in [-0.1, -0.05) is 55.5 Å². The highest BCUT2D eigenvalue weighted by molar-refractivity contribution is 5.33. The van der Waals surface area contributed by atoms with Gasteiger partial charge in [0, 0.05) is 24.2 Å². The summed E-state index contributed by atoms with van der Waals surface area (Å²) in [6, 6.07) is 19.9. The third-order valence-corrected chi connectivity index (χ3v) is 4.61. The zero-order valence-electron chi connectivity index (χ0n) is 14.5. The average molecular weight is 324 g/mol. The molecule has 2 aromatic rings. The number of para-hydroxylation sites is 1. The van der Waals surface area contributed by atoms with Gasteiger partial charge in [-0.2, -0.15) is 0 Å². The van der Waals surface area contributed by atoms with E-state index < -0.39 is 0 Å². The molecule has 1 fully saturated rings. The zero-order chi connectivity index (χ0) is 16.6. The van der Waals surface area contributed by atoms with E-state index in [1.165, 1.54) is 24.0 Å². The monoisotopic (exact) mass is 324 g/mol. The molecule has 0 aromatic heterocycles. The van der Waals surface area contributed by atoms with Crippen LogP contribution in [0.2, 0.25) is 0 Å². The van der Waals surface area contributed by atoms with Crippen LogP contribution in [0.15, 0.2) is 54.6 Å². The Morgan fingerprint density at radius 3 is 2.71 bits per heavy atom. The summed E-state index contributed by atoms with van der Waals surface area (Å²) < 4.78 is 5.88. The minimum atomic E-state index is 0.378. The molecule has 0 amide bonds. The summed E-state index contributed by atoms with van der Waals surface area (Å²) in [5.74, 6) is 1.01. The van der Waals surface area contributed by atoms with E-state index in [1.807, 2.05) is 6.07 Å². The predicted octanol–water partition coefficient (Wildman–Crippen LogP) is 4.06. The molecule has 0 radical (unpaired) electrons. The molecule has 128 valence electrons. The van der Waals surface area contributed by atoms with Crippen LogP contribution in [0.5, 0.6) is 5.75 Å². The number of ether oxygens (including phenoxy) is 1. The van der Waals surface area contributed by atoms with E-state index in [1.54, 1.807) is 0 Å². The van der Waals surface area contributed by atoms with Gasteiger partial charge in [-0.05, 0) is 37.4 Å². The number of rotatable bonds is 7. The molecule has 2 unspecified atom stereocenters. The van der Waals surface area contributed by atoms with Crippen molar-refractivity contribution in [2.45, 2.75) is 44.8 Å².